The van der Waals surface area contributed by atoms with E-state index in [0.29, 0.717) is 22.7 Å². The molecule has 14 heavy (non-hydrogen) atoms. The summed E-state index contributed by atoms with van der Waals surface area (Å²) in [6.07, 6.45) is 0. The van der Waals surface area contributed by atoms with Gasteiger partial charge in [-0.15, -0.1) is 0 Å². The van der Waals surface area contributed by atoms with Crippen LogP contribution >= 0.6 is 0 Å². The Morgan fingerprint density at radius 1 is 1.29 bits per heavy atom. The predicted octanol–water partition coefficient (Wildman–Crippen LogP) is 0.385. The molecule has 5 nitrogen and oxygen atoms in total. The highest BCUT2D eigenvalue weighted by atomic mass is 16.5. The van der Waals surface area contributed by atoms with Gasteiger partial charge in [0.25, 0.3) is 0 Å². The lowest BCUT2D eigenvalue weighted by Gasteiger charge is -2.10. The quantitative estimate of drug-likeness (QED) is 0.684. The summed E-state index contributed by atoms with van der Waals surface area (Å²) in [4.78, 5) is 10.9. The molecule has 0 aromatic heterocycles. The Bertz CT molecular complexity index is 363. The van der Waals surface area contributed by atoms with Crippen LogP contribution in [0, 0.1) is 0 Å². The third-order valence-electron chi connectivity index (χ3n) is 1.79. The Morgan fingerprint density at radius 3 is 2.36 bits per heavy atom. The van der Waals surface area contributed by atoms with Crippen molar-refractivity contribution in [3.05, 3.63) is 17.7 Å². The van der Waals surface area contributed by atoms with E-state index in [1.54, 1.807) is 0 Å². The highest BCUT2D eigenvalue weighted by Crippen LogP contribution is 2.34. The summed E-state index contributed by atoms with van der Waals surface area (Å²) in [7, 11) is 2.93. The SMILES string of the molecule is COc1cc(C(N)=O)cc(N)c1OC. The zero-order valence-corrected chi connectivity index (χ0v) is 8.03. The van der Waals surface area contributed by atoms with Gasteiger partial charge in [0.2, 0.25) is 5.91 Å². The largest absolute Gasteiger partial charge is 0.493 e. The monoisotopic (exact) mass is 196 g/mol. The second-order valence-corrected chi connectivity index (χ2v) is 2.67. The van der Waals surface area contributed by atoms with Crippen molar-refractivity contribution >= 4 is 11.6 Å². The van der Waals surface area contributed by atoms with Crippen molar-refractivity contribution in [1.82, 2.24) is 0 Å². The van der Waals surface area contributed by atoms with Gasteiger partial charge in [-0.05, 0) is 12.1 Å². The summed E-state index contributed by atoms with van der Waals surface area (Å²) in [5, 5.41) is 0. The molecule has 0 unspecified atom stereocenters. The van der Waals surface area contributed by atoms with Crippen LogP contribution in [0.5, 0.6) is 11.5 Å². The van der Waals surface area contributed by atoms with E-state index in [0.717, 1.165) is 0 Å². The van der Waals surface area contributed by atoms with Gasteiger partial charge in [0, 0.05) is 5.56 Å². The number of nitrogens with two attached hydrogens (primary N) is 2. The van der Waals surface area contributed by atoms with Crippen LogP contribution < -0.4 is 20.9 Å². The molecule has 0 saturated heterocycles. The van der Waals surface area contributed by atoms with Crippen LogP contribution in [0.3, 0.4) is 0 Å². The van der Waals surface area contributed by atoms with Crippen molar-refractivity contribution in [2.24, 2.45) is 5.73 Å². The number of ether oxygens (including phenoxy) is 2. The zero-order chi connectivity index (χ0) is 10.7. The summed E-state index contributed by atoms with van der Waals surface area (Å²) in [6.45, 7) is 0. The minimum atomic E-state index is -0.558. The molecule has 76 valence electrons. The van der Waals surface area contributed by atoms with E-state index in [9.17, 15) is 4.79 Å². The molecule has 1 aromatic rings. The van der Waals surface area contributed by atoms with Crippen LogP contribution in [-0.4, -0.2) is 20.1 Å². The normalized spacial score (nSPS) is 9.57. The number of hydrogen-bond acceptors (Lipinski definition) is 4. The fourth-order valence-corrected chi connectivity index (χ4v) is 1.14. The second-order valence-electron chi connectivity index (χ2n) is 2.67. The average molecular weight is 196 g/mol. The zero-order valence-electron chi connectivity index (χ0n) is 8.03. The van der Waals surface area contributed by atoms with Gasteiger partial charge in [-0.25, -0.2) is 0 Å². The number of benzene rings is 1. The van der Waals surface area contributed by atoms with Crippen LogP contribution in [0.25, 0.3) is 0 Å². The molecule has 0 aliphatic heterocycles. The second kappa shape index (κ2) is 3.87. The van der Waals surface area contributed by atoms with Crippen molar-refractivity contribution in [1.29, 1.82) is 0 Å². The van der Waals surface area contributed by atoms with Crippen LogP contribution in [0.4, 0.5) is 5.69 Å². The average Bonchev–Trinajstić information content (AvgIpc) is 2.16. The molecule has 0 fully saturated rings. The van der Waals surface area contributed by atoms with Gasteiger partial charge in [-0.1, -0.05) is 0 Å². The van der Waals surface area contributed by atoms with E-state index in [2.05, 4.69) is 0 Å². The van der Waals surface area contributed by atoms with E-state index in [1.165, 1.54) is 26.4 Å². The number of anilines is 1. The third-order valence-corrected chi connectivity index (χ3v) is 1.79. The molecule has 4 N–H and O–H groups in total. The van der Waals surface area contributed by atoms with Crippen molar-refractivity contribution in [3.8, 4) is 11.5 Å². The molecule has 0 radical (unpaired) electrons. The molecule has 0 aliphatic rings. The van der Waals surface area contributed by atoms with Crippen molar-refractivity contribution in [2.75, 3.05) is 20.0 Å². The Labute approximate surface area is 81.6 Å². The highest BCUT2D eigenvalue weighted by molar-refractivity contribution is 5.95. The van der Waals surface area contributed by atoms with Crippen LogP contribution in [0.1, 0.15) is 10.4 Å². The number of nitrogen functional groups attached to an aromatic ring is 1. The van der Waals surface area contributed by atoms with E-state index in [4.69, 9.17) is 20.9 Å². The molecular weight excluding hydrogens is 184 g/mol. The first kappa shape index (κ1) is 10.2. The molecule has 0 heterocycles. The number of carbonyl (C=O) groups excluding carboxylic acids is 1. The van der Waals surface area contributed by atoms with Crippen LogP contribution in [0.15, 0.2) is 12.1 Å². The van der Waals surface area contributed by atoms with Gasteiger partial charge < -0.3 is 20.9 Å². The first-order chi connectivity index (χ1) is 6.60. The van der Waals surface area contributed by atoms with Gasteiger partial charge in [0.1, 0.15) is 0 Å². The van der Waals surface area contributed by atoms with E-state index in [-0.39, 0.29) is 0 Å². The van der Waals surface area contributed by atoms with Gasteiger partial charge in [-0.2, -0.15) is 0 Å². The topological polar surface area (TPSA) is 87.6 Å². The third kappa shape index (κ3) is 1.71. The summed E-state index contributed by atoms with van der Waals surface area (Å²) in [6, 6.07) is 2.93. The predicted molar refractivity (Wildman–Crippen MR) is 52.5 cm³/mol. The van der Waals surface area contributed by atoms with Crippen molar-refractivity contribution in [2.45, 2.75) is 0 Å². The lowest BCUT2D eigenvalue weighted by Crippen LogP contribution is -2.12. The number of carbonyl (C=O) groups is 1. The lowest BCUT2D eigenvalue weighted by atomic mass is 10.1. The summed E-state index contributed by atoms with van der Waals surface area (Å²) in [5.41, 5.74) is 11.4. The number of hydrogen-bond donors (Lipinski definition) is 2. The maximum Gasteiger partial charge on any atom is 0.248 e. The number of rotatable bonds is 3. The fraction of sp³-hybridized carbons (Fsp3) is 0.222. The maximum atomic E-state index is 10.9. The fourth-order valence-electron chi connectivity index (χ4n) is 1.14. The smallest absolute Gasteiger partial charge is 0.248 e. The molecule has 1 aromatic carbocycles. The van der Waals surface area contributed by atoms with Gasteiger partial charge in [-0.3, -0.25) is 4.79 Å². The molecule has 0 spiro atoms. The summed E-state index contributed by atoms with van der Waals surface area (Å²) in [5.74, 6) is 0.233. The molecule has 1 rings (SSSR count). The van der Waals surface area contributed by atoms with E-state index < -0.39 is 5.91 Å². The number of amides is 1. The number of methoxy groups -OCH3 is 2. The van der Waals surface area contributed by atoms with E-state index in [1.807, 2.05) is 0 Å². The molecule has 0 saturated carbocycles. The summed E-state index contributed by atoms with van der Waals surface area (Å²) < 4.78 is 9.99. The molecule has 0 bridgehead atoms. The van der Waals surface area contributed by atoms with Gasteiger partial charge in [0.15, 0.2) is 11.5 Å². The maximum absolute atomic E-state index is 10.9. The van der Waals surface area contributed by atoms with E-state index >= 15 is 0 Å². The lowest BCUT2D eigenvalue weighted by molar-refractivity contribution is 0.1000. The summed E-state index contributed by atoms with van der Waals surface area (Å²) >= 11 is 0. The van der Waals surface area contributed by atoms with Crippen LogP contribution in [-0.2, 0) is 0 Å². The molecule has 0 aliphatic carbocycles. The Hall–Kier alpha value is -1.91. The molecular formula is C9H12N2O3. The Balaban J connectivity index is 3.31. The Morgan fingerprint density at radius 2 is 1.93 bits per heavy atom. The van der Waals surface area contributed by atoms with Gasteiger partial charge >= 0.3 is 0 Å². The van der Waals surface area contributed by atoms with Crippen molar-refractivity contribution in [3.63, 3.8) is 0 Å². The first-order valence-corrected chi connectivity index (χ1v) is 3.91. The van der Waals surface area contributed by atoms with Crippen molar-refractivity contribution < 1.29 is 14.3 Å². The first-order valence-electron chi connectivity index (χ1n) is 3.91. The highest BCUT2D eigenvalue weighted by Gasteiger charge is 2.12. The minimum Gasteiger partial charge on any atom is -0.493 e. The Kier molecular flexibility index (Phi) is 2.81. The standard InChI is InChI=1S/C9H12N2O3/c1-13-7-4-5(9(11)12)3-6(10)8(7)14-2/h3-4H,10H2,1-2H3,(H2,11,12). The molecule has 1 amide bonds. The minimum absolute atomic E-state index is 0.292. The van der Waals surface area contributed by atoms with Crippen LogP contribution in [0.2, 0.25) is 0 Å². The molecule has 5 heteroatoms. The molecule has 0 atom stereocenters. The van der Waals surface area contributed by atoms with Gasteiger partial charge in [0.05, 0.1) is 19.9 Å². The number of primary amides is 1.